The summed E-state index contributed by atoms with van der Waals surface area (Å²) in [5, 5.41) is 3.89. The zero-order valence-corrected chi connectivity index (χ0v) is 8.80. The molecule has 13 heavy (non-hydrogen) atoms. The highest BCUT2D eigenvalue weighted by Gasteiger charge is 1.95. The third kappa shape index (κ3) is 4.25. The van der Waals surface area contributed by atoms with Crippen molar-refractivity contribution in [3.63, 3.8) is 0 Å². The van der Waals surface area contributed by atoms with Crippen molar-refractivity contribution in [2.24, 2.45) is 5.92 Å². The maximum Gasteiger partial charge on any atom is 0.129 e. The molecule has 1 rings (SSSR count). The quantitative estimate of drug-likeness (QED) is 0.752. The van der Waals surface area contributed by atoms with Crippen LogP contribution in [0, 0.1) is 5.92 Å². The summed E-state index contributed by atoms with van der Waals surface area (Å²) in [6, 6.07) is 3.80. The lowest BCUT2D eigenvalue weighted by atomic mass is 10.2. The Kier molecular flexibility index (Phi) is 4.19. The van der Waals surface area contributed by atoms with E-state index in [1.807, 2.05) is 12.1 Å². The largest absolute Gasteiger partial charge is 0.312 e. The van der Waals surface area contributed by atoms with Crippen LogP contribution in [0.3, 0.4) is 0 Å². The van der Waals surface area contributed by atoms with Gasteiger partial charge < -0.3 is 5.32 Å². The van der Waals surface area contributed by atoms with E-state index in [2.05, 4.69) is 24.1 Å². The van der Waals surface area contributed by atoms with Crippen molar-refractivity contribution in [1.82, 2.24) is 10.3 Å². The van der Waals surface area contributed by atoms with E-state index < -0.39 is 0 Å². The van der Waals surface area contributed by atoms with Gasteiger partial charge in [-0.1, -0.05) is 31.5 Å². The van der Waals surface area contributed by atoms with Gasteiger partial charge in [-0.15, -0.1) is 0 Å². The fourth-order valence-corrected chi connectivity index (χ4v) is 1.13. The molecule has 0 saturated carbocycles. The van der Waals surface area contributed by atoms with E-state index in [9.17, 15) is 0 Å². The molecular weight excluding hydrogens is 184 g/mol. The normalized spacial score (nSPS) is 10.8. The average molecular weight is 199 g/mol. The topological polar surface area (TPSA) is 24.9 Å². The van der Waals surface area contributed by atoms with E-state index in [1.165, 1.54) is 5.56 Å². The van der Waals surface area contributed by atoms with Gasteiger partial charge in [0, 0.05) is 12.7 Å². The van der Waals surface area contributed by atoms with E-state index in [0.29, 0.717) is 11.1 Å². The van der Waals surface area contributed by atoms with Crippen molar-refractivity contribution < 1.29 is 0 Å². The number of hydrogen-bond donors (Lipinski definition) is 1. The molecule has 0 atom stereocenters. The van der Waals surface area contributed by atoms with Crippen molar-refractivity contribution in [1.29, 1.82) is 0 Å². The second-order valence-corrected chi connectivity index (χ2v) is 3.90. The first-order valence-electron chi connectivity index (χ1n) is 4.49. The van der Waals surface area contributed by atoms with Gasteiger partial charge in [-0.25, -0.2) is 4.98 Å². The highest BCUT2D eigenvalue weighted by atomic mass is 35.5. The molecule has 1 aromatic rings. The molecule has 2 nitrogen and oxygen atoms in total. The number of pyridine rings is 1. The fraction of sp³-hybridized carbons (Fsp3) is 0.500. The first-order valence-corrected chi connectivity index (χ1v) is 4.87. The standard InChI is InChI=1S/C10H15ClN2/c1-8(2)5-12-6-9-3-4-10(11)13-7-9/h3-4,7-8,12H,5-6H2,1-2H3. The second-order valence-electron chi connectivity index (χ2n) is 3.51. The number of aromatic nitrogens is 1. The Bertz CT molecular complexity index is 244. The second kappa shape index (κ2) is 5.20. The lowest BCUT2D eigenvalue weighted by Gasteiger charge is -2.06. The molecule has 0 aliphatic rings. The highest BCUT2D eigenvalue weighted by Crippen LogP contribution is 2.04. The summed E-state index contributed by atoms with van der Waals surface area (Å²) in [7, 11) is 0. The summed E-state index contributed by atoms with van der Waals surface area (Å²) in [5.74, 6) is 0.681. The molecule has 0 aliphatic carbocycles. The SMILES string of the molecule is CC(C)CNCc1ccc(Cl)nc1. The summed E-state index contributed by atoms with van der Waals surface area (Å²) in [4.78, 5) is 4.00. The number of nitrogens with zero attached hydrogens (tertiary/aromatic N) is 1. The molecule has 0 aromatic carbocycles. The van der Waals surface area contributed by atoms with Gasteiger partial charge in [0.25, 0.3) is 0 Å². The van der Waals surface area contributed by atoms with Gasteiger partial charge in [-0.05, 0) is 24.1 Å². The van der Waals surface area contributed by atoms with Crippen LogP contribution in [0.15, 0.2) is 18.3 Å². The van der Waals surface area contributed by atoms with Crippen molar-refractivity contribution in [3.8, 4) is 0 Å². The summed E-state index contributed by atoms with van der Waals surface area (Å²) < 4.78 is 0. The Balaban J connectivity index is 2.33. The Morgan fingerprint density at radius 1 is 1.46 bits per heavy atom. The van der Waals surface area contributed by atoms with Gasteiger partial charge in [0.15, 0.2) is 0 Å². The number of halogens is 1. The van der Waals surface area contributed by atoms with Crippen molar-refractivity contribution in [3.05, 3.63) is 29.0 Å². The van der Waals surface area contributed by atoms with E-state index in [1.54, 1.807) is 6.20 Å². The Hall–Kier alpha value is -0.600. The van der Waals surface area contributed by atoms with Crippen LogP contribution in [0.2, 0.25) is 5.15 Å². The van der Waals surface area contributed by atoms with E-state index in [-0.39, 0.29) is 0 Å². The molecule has 0 saturated heterocycles. The molecule has 0 bridgehead atoms. The van der Waals surface area contributed by atoms with Crippen molar-refractivity contribution >= 4 is 11.6 Å². The van der Waals surface area contributed by atoms with E-state index in [4.69, 9.17) is 11.6 Å². The van der Waals surface area contributed by atoms with E-state index in [0.717, 1.165) is 13.1 Å². The fourth-order valence-electron chi connectivity index (χ4n) is 1.02. The molecule has 0 aliphatic heterocycles. The lowest BCUT2D eigenvalue weighted by Crippen LogP contribution is -2.18. The molecule has 3 heteroatoms. The third-order valence-electron chi connectivity index (χ3n) is 1.67. The number of nitrogens with one attached hydrogen (secondary N) is 1. The molecule has 0 amide bonds. The molecule has 1 N–H and O–H groups in total. The summed E-state index contributed by atoms with van der Waals surface area (Å²) in [5.41, 5.74) is 1.17. The van der Waals surface area contributed by atoms with Gasteiger partial charge in [-0.3, -0.25) is 0 Å². The van der Waals surface area contributed by atoms with Crippen LogP contribution < -0.4 is 5.32 Å². The predicted octanol–water partition coefficient (Wildman–Crippen LogP) is 2.48. The summed E-state index contributed by atoms with van der Waals surface area (Å²) in [6.45, 7) is 6.27. The predicted molar refractivity (Wildman–Crippen MR) is 55.8 cm³/mol. The first kappa shape index (κ1) is 10.5. The van der Waals surface area contributed by atoms with Crippen LogP contribution >= 0.6 is 11.6 Å². The van der Waals surface area contributed by atoms with Gasteiger partial charge in [0.2, 0.25) is 0 Å². The molecule has 0 fully saturated rings. The van der Waals surface area contributed by atoms with Crippen LogP contribution in [-0.4, -0.2) is 11.5 Å². The smallest absolute Gasteiger partial charge is 0.129 e. The van der Waals surface area contributed by atoms with Crippen LogP contribution in [0.25, 0.3) is 0 Å². The van der Waals surface area contributed by atoms with Gasteiger partial charge in [0.05, 0.1) is 0 Å². The van der Waals surface area contributed by atoms with Gasteiger partial charge in [0.1, 0.15) is 5.15 Å². The molecular formula is C10H15ClN2. The van der Waals surface area contributed by atoms with Crippen LogP contribution in [0.5, 0.6) is 0 Å². The molecule has 1 heterocycles. The molecule has 0 spiro atoms. The Morgan fingerprint density at radius 2 is 2.23 bits per heavy atom. The van der Waals surface area contributed by atoms with Crippen molar-refractivity contribution in [2.45, 2.75) is 20.4 Å². The molecule has 0 unspecified atom stereocenters. The minimum absolute atomic E-state index is 0.549. The third-order valence-corrected chi connectivity index (χ3v) is 1.89. The maximum atomic E-state index is 5.66. The summed E-state index contributed by atoms with van der Waals surface area (Å²) in [6.07, 6.45) is 1.80. The van der Waals surface area contributed by atoms with Gasteiger partial charge in [-0.2, -0.15) is 0 Å². The highest BCUT2D eigenvalue weighted by molar-refractivity contribution is 6.29. The lowest BCUT2D eigenvalue weighted by molar-refractivity contribution is 0.552. The zero-order chi connectivity index (χ0) is 9.68. The molecule has 1 aromatic heterocycles. The Labute approximate surface area is 84.3 Å². The van der Waals surface area contributed by atoms with Crippen LogP contribution in [0.1, 0.15) is 19.4 Å². The maximum absolute atomic E-state index is 5.66. The van der Waals surface area contributed by atoms with E-state index >= 15 is 0 Å². The first-order chi connectivity index (χ1) is 6.18. The minimum Gasteiger partial charge on any atom is -0.312 e. The molecule has 0 radical (unpaired) electrons. The Morgan fingerprint density at radius 3 is 2.77 bits per heavy atom. The van der Waals surface area contributed by atoms with Gasteiger partial charge >= 0.3 is 0 Å². The molecule has 72 valence electrons. The number of hydrogen-bond acceptors (Lipinski definition) is 2. The monoisotopic (exact) mass is 198 g/mol. The average Bonchev–Trinajstić information content (AvgIpc) is 2.08. The number of rotatable bonds is 4. The van der Waals surface area contributed by atoms with Crippen LogP contribution in [-0.2, 0) is 6.54 Å². The minimum atomic E-state index is 0.549. The zero-order valence-electron chi connectivity index (χ0n) is 8.05. The summed E-state index contributed by atoms with van der Waals surface area (Å²) >= 11 is 5.66. The van der Waals surface area contributed by atoms with Crippen molar-refractivity contribution in [2.75, 3.05) is 6.54 Å². The van der Waals surface area contributed by atoms with Crippen LogP contribution in [0.4, 0.5) is 0 Å².